The summed E-state index contributed by atoms with van der Waals surface area (Å²) in [4.78, 5) is 20.7. The lowest BCUT2D eigenvalue weighted by molar-refractivity contribution is -0.385. The van der Waals surface area contributed by atoms with Crippen molar-refractivity contribution in [1.29, 1.82) is 0 Å². The van der Waals surface area contributed by atoms with Crippen LogP contribution in [0.4, 0.5) is 11.4 Å². The minimum absolute atomic E-state index is 0.0198. The highest BCUT2D eigenvalue weighted by Gasteiger charge is 2.25. The average molecular weight is 408 g/mol. The smallest absolute Gasteiger partial charge is 0.269 e. The first-order chi connectivity index (χ1) is 14.1. The van der Waals surface area contributed by atoms with E-state index in [1.165, 1.54) is 48.5 Å². The van der Waals surface area contributed by atoms with Crippen molar-refractivity contribution >= 4 is 11.4 Å². The van der Waals surface area contributed by atoms with Crippen LogP contribution in [0.1, 0.15) is 26.3 Å². The number of non-ortho nitro benzene ring substituents is 2. The van der Waals surface area contributed by atoms with Crippen molar-refractivity contribution in [3.8, 4) is 23.0 Å². The highest BCUT2D eigenvalue weighted by Crippen LogP contribution is 2.42. The summed E-state index contributed by atoms with van der Waals surface area (Å²) in [7, 11) is 0. The van der Waals surface area contributed by atoms with Gasteiger partial charge in [-0.3, -0.25) is 20.2 Å². The molecular formula is C22H20N2O6. The summed E-state index contributed by atoms with van der Waals surface area (Å²) in [6.07, 6.45) is 0. The Balaban J connectivity index is 1.94. The largest absolute Gasteiger partial charge is 0.457 e. The maximum absolute atomic E-state index is 10.8. The Hall–Kier alpha value is -3.94. The van der Waals surface area contributed by atoms with Gasteiger partial charge in [0.1, 0.15) is 23.0 Å². The molecule has 0 aliphatic carbocycles. The van der Waals surface area contributed by atoms with Crippen LogP contribution in [-0.2, 0) is 5.41 Å². The van der Waals surface area contributed by atoms with Crippen LogP contribution in [0.2, 0.25) is 0 Å². The summed E-state index contributed by atoms with van der Waals surface area (Å²) >= 11 is 0. The first kappa shape index (κ1) is 20.8. The molecule has 30 heavy (non-hydrogen) atoms. The molecule has 8 heteroatoms. The quantitative estimate of drug-likeness (QED) is 0.346. The van der Waals surface area contributed by atoms with Gasteiger partial charge in [-0.15, -0.1) is 0 Å². The molecule has 8 nitrogen and oxygen atoms in total. The topological polar surface area (TPSA) is 105 Å². The van der Waals surface area contributed by atoms with Crippen molar-refractivity contribution in [2.45, 2.75) is 26.2 Å². The van der Waals surface area contributed by atoms with Gasteiger partial charge in [0.25, 0.3) is 11.4 Å². The molecule has 0 fully saturated rings. The molecule has 0 amide bonds. The van der Waals surface area contributed by atoms with E-state index >= 15 is 0 Å². The maximum atomic E-state index is 10.8. The van der Waals surface area contributed by atoms with Gasteiger partial charge in [0, 0.05) is 29.8 Å². The number of rotatable bonds is 6. The standard InChI is InChI=1S/C22H20N2O6/c1-22(2,3)21-19(29-17-11-7-15(8-12-17)23(25)26)5-4-6-20(21)30-18-13-9-16(10-14-18)24(27)28/h4-14H,1-3H3. The van der Waals surface area contributed by atoms with Crippen LogP contribution in [-0.4, -0.2) is 9.85 Å². The van der Waals surface area contributed by atoms with E-state index < -0.39 is 9.85 Å². The molecule has 0 saturated heterocycles. The lowest BCUT2D eigenvalue weighted by Crippen LogP contribution is -2.14. The number of hydrogen-bond donors (Lipinski definition) is 0. The van der Waals surface area contributed by atoms with Crippen molar-refractivity contribution in [3.05, 3.63) is 92.5 Å². The lowest BCUT2D eigenvalue weighted by atomic mass is 9.85. The number of hydrogen-bond acceptors (Lipinski definition) is 6. The highest BCUT2D eigenvalue weighted by molar-refractivity contribution is 5.52. The van der Waals surface area contributed by atoms with Crippen molar-refractivity contribution in [2.24, 2.45) is 0 Å². The molecule has 0 aliphatic rings. The number of ether oxygens (including phenoxy) is 2. The summed E-state index contributed by atoms with van der Waals surface area (Å²) in [6.45, 7) is 6.02. The van der Waals surface area contributed by atoms with Gasteiger partial charge >= 0.3 is 0 Å². The third kappa shape index (κ3) is 4.72. The van der Waals surface area contributed by atoms with E-state index in [-0.39, 0.29) is 16.8 Å². The molecule has 0 heterocycles. The van der Waals surface area contributed by atoms with E-state index in [1.54, 1.807) is 18.2 Å². The molecule has 0 radical (unpaired) electrons. The van der Waals surface area contributed by atoms with Crippen LogP contribution in [0.25, 0.3) is 0 Å². The Labute approximate surface area is 173 Å². The summed E-state index contributed by atoms with van der Waals surface area (Å²) in [5.41, 5.74) is 0.400. The van der Waals surface area contributed by atoms with Gasteiger partial charge in [-0.1, -0.05) is 26.8 Å². The van der Waals surface area contributed by atoms with Crippen molar-refractivity contribution < 1.29 is 19.3 Å². The zero-order valence-corrected chi connectivity index (χ0v) is 16.7. The van der Waals surface area contributed by atoms with E-state index in [0.717, 1.165) is 5.56 Å². The van der Waals surface area contributed by atoms with Crippen LogP contribution in [0, 0.1) is 20.2 Å². The molecule has 0 saturated carbocycles. The first-order valence-corrected chi connectivity index (χ1v) is 9.13. The number of benzene rings is 3. The molecule has 0 spiro atoms. The molecule has 0 unspecified atom stereocenters. The third-order valence-corrected chi connectivity index (χ3v) is 4.29. The van der Waals surface area contributed by atoms with Gasteiger partial charge in [0.05, 0.1) is 9.85 Å². The average Bonchev–Trinajstić information content (AvgIpc) is 2.68. The summed E-state index contributed by atoms with van der Waals surface area (Å²) in [5, 5.41) is 21.7. The van der Waals surface area contributed by atoms with Gasteiger partial charge < -0.3 is 9.47 Å². The molecule has 0 aromatic heterocycles. The van der Waals surface area contributed by atoms with E-state index in [2.05, 4.69) is 0 Å². The third-order valence-electron chi connectivity index (χ3n) is 4.29. The summed E-state index contributed by atoms with van der Waals surface area (Å²) in [6, 6.07) is 17.0. The minimum atomic E-state index is -0.469. The monoisotopic (exact) mass is 408 g/mol. The summed E-state index contributed by atoms with van der Waals surface area (Å²) in [5.74, 6) is 2.02. The summed E-state index contributed by atoms with van der Waals surface area (Å²) < 4.78 is 12.0. The predicted octanol–water partition coefficient (Wildman–Crippen LogP) is 6.39. The normalized spacial score (nSPS) is 11.0. The Morgan fingerprint density at radius 3 is 1.33 bits per heavy atom. The second-order valence-corrected chi connectivity index (χ2v) is 7.59. The van der Waals surface area contributed by atoms with Crippen LogP contribution < -0.4 is 9.47 Å². The SMILES string of the molecule is CC(C)(C)c1c(Oc2ccc([N+](=O)[O-])cc2)cccc1Oc1ccc([N+](=O)[O-])cc1. The van der Waals surface area contributed by atoms with Crippen molar-refractivity contribution in [2.75, 3.05) is 0 Å². The van der Waals surface area contributed by atoms with Gasteiger partial charge in [-0.25, -0.2) is 0 Å². The Morgan fingerprint density at radius 2 is 1.03 bits per heavy atom. The van der Waals surface area contributed by atoms with E-state index in [0.29, 0.717) is 23.0 Å². The molecule has 0 N–H and O–H groups in total. The second kappa shape index (κ2) is 8.20. The Kier molecular flexibility index (Phi) is 5.68. The number of nitro benzene ring substituents is 2. The van der Waals surface area contributed by atoms with Crippen LogP contribution >= 0.6 is 0 Å². The van der Waals surface area contributed by atoms with Crippen molar-refractivity contribution in [1.82, 2.24) is 0 Å². The fourth-order valence-corrected chi connectivity index (χ4v) is 2.95. The van der Waals surface area contributed by atoms with Gasteiger partial charge in [-0.05, 0) is 41.8 Å². The molecule has 3 rings (SSSR count). The zero-order valence-electron chi connectivity index (χ0n) is 16.7. The van der Waals surface area contributed by atoms with Gasteiger partial charge in [-0.2, -0.15) is 0 Å². The van der Waals surface area contributed by atoms with E-state index in [9.17, 15) is 20.2 Å². The van der Waals surface area contributed by atoms with Crippen LogP contribution in [0.5, 0.6) is 23.0 Å². The van der Waals surface area contributed by atoms with Gasteiger partial charge in [0.15, 0.2) is 0 Å². The van der Waals surface area contributed by atoms with Crippen LogP contribution in [0.15, 0.2) is 66.7 Å². The van der Waals surface area contributed by atoms with Crippen LogP contribution in [0.3, 0.4) is 0 Å². The Bertz CT molecular complexity index is 993. The van der Waals surface area contributed by atoms with Crippen molar-refractivity contribution in [3.63, 3.8) is 0 Å². The molecular weight excluding hydrogens is 388 g/mol. The first-order valence-electron chi connectivity index (χ1n) is 9.13. The zero-order chi connectivity index (χ0) is 21.9. The maximum Gasteiger partial charge on any atom is 0.269 e. The second-order valence-electron chi connectivity index (χ2n) is 7.59. The molecule has 0 bridgehead atoms. The molecule has 154 valence electrons. The molecule has 0 atom stereocenters. The highest BCUT2D eigenvalue weighted by atomic mass is 16.6. The number of nitrogens with zero attached hydrogens (tertiary/aromatic N) is 2. The predicted molar refractivity (Wildman–Crippen MR) is 111 cm³/mol. The lowest BCUT2D eigenvalue weighted by Gasteiger charge is -2.25. The Morgan fingerprint density at radius 1 is 0.667 bits per heavy atom. The molecule has 3 aromatic rings. The fraction of sp³-hybridized carbons (Fsp3) is 0.182. The van der Waals surface area contributed by atoms with E-state index in [4.69, 9.17) is 9.47 Å². The van der Waals surface area contributed by atoms with Gasteiger partial charge in [0.2, 0.25) is 0 Å². The van der Waals surface area contributed by atoms with E-state index in [1.807, 2.05) is 20.8 Å². The molecule has 3 aromatic carbocycles. The minimum Gasteiger partial charge on any atom is -0.457 e. The molecule has 0 aliphatic heterocycles. The number of nitro groups is 2. The fourth-order valence-electron chi connectivity index (χ4n) is 2.95.